The normalized spacial score (nSPS) is 11.7. The minimum Gasteiger partial charge on any atom is -0.469 e. The van der Waals surface area contributed by atoms with Gasteiger partial charge in [0.1, 0.15) is 0 Å². The molecule has 0 saturated heterocycles. The van der Waals surface area contributed by atoms with Crippen molar-refractivity contribution in [2.45, 2.75) is 32.3 Å². The fourth-order valence-corrected chi connectivity index (χ4v) is 0.909. The van der Waals surface area contributed by atoms with E-state index in [1.165, 1.54) is 7.11 Å². The van der Waals surface area contributed by atoms with E-state index in [2.05, 4.69) is 10.1 Å². The first kappa shape index (κ1) is 14.7. The van der Waals surface area contributed by atoms with Crippen LogP contribution in [0.15, 0.2) is 0 Å². The van der Waals surface area contributed by atoms with Gasteiger partial charge in [-0.3, -0.25) is 4.79 Å². The van der Waals surface area contributed by atoms with Gasteiger partial charge in [-0.2, -0.15) is 0 Å². The van der Waals surface area contributed by atoms with E-state index in [0.29, 0.717) is 6.61 Å². The van der Waals surface area contributed by atoms with Crippen LogP contribution >= 0.6 is 0 Å². The van der Waals surface area contributed by atoms with Crippen molar-refractivity contribution in [2.75, 3.05) is 20.3 Å². The van der Waals surface area contributed by atoms with E-state index >= 15 is 0 Å². The summed E-state index contributed by atoms with van der Waals surface area (Å²) in [4.78, 5) is 21.8. The van der Waals surface area contributed by atoms with Gasteiger partial charge in [-0.05, 0) is 6.42 Å². The number of hydrogen-bond donors (Lipinski definition) is 2. The SMILES string of the molecule is CCCCOC(=O)NCC(O)CC(=O)OC. The van der Waals surface area contributed by atoms with E-state index in [1.54, 1.807) is 0 Å². The molecule has 0 fully saturated rings. The summed E-state index contributed by atoms with van der Waals surface area (Å²) in [5, 5.41) is 11.7. The second-order valence-corrected chi connectivity index (χ2v) is 3.30. The highest BCUT2D eigenvalue weighted by atomic mass is 16.5. The molecule has 0 spiro atoms. The van der Waals surface area contributed by atoms with Crippen molar-refractivity contribution in [3.63, 3.8) is 0 Å². The molecule has 6 nitrogen and oxygen atoms in total. The van der Waals surface area contributed by atoms with Crippen LogP contribution in [-0.2, 0) is 14.3 Å². The summed E-state index contributed by atoms with van der Waals surface area (Å²) in [6, 6.07) is 0. The minimum absolute atomic E-state index is 0.0277. The topological polar surface area (TPSA) is 84.9 Å². The molecular formula is C10H19NO5. The lowest BCUT2D eigenvalue weighted by molar-refractivity contribution is -0.142. The molecule has 0 aliphatic carbocycles. The van der Waals surface area contributed by atoms with E-state index in [9.17, 15) is 14.7 Å². The molecule has 0 heterocycles. The molecule has 1 atom stereocenters. The van der Waals surface area contributed by atoms with Crippen molar-refractivity contribution < 1.29 is 24.2 Å². The van der Waals surface area contributed by atoms with E-state index in [-0.39, 0.29) is 13.0 Å². The van der Waals surface area contributed by atoms with Crippen LogP contribution in [0.2, 0.25) is 0 Å². The van der Waals surface area contributed by atoms with Gasteiger partial charge >= 0.3 is 12.1 Å². The molecule has 16 heavy (non-hydrogen) atoms. The van der Waals surface area contributed by atoms with E-state index in [4.69, 9.17) is 4.74 Å². The van der Waals surface area contributed by atoms with Gasteiger partial charge in [0, 0.05) is 6.54 Å². The Bertz CT molecular complexity index is 219. The molecule has 2 N–H and O–H groups in total. The quantitative estimate of drug-likeness (QED) is 0.492. The molecule has 0 radical (unpaired) electrons. The number of nitrogens with one attached hydrogen (secondary N) is 1. The number of methoxy groups -OCH3 is 1. The number of alkyl carbamates (subject to hydrolysis) is 1. The Morgan fingerprint density at radius 2 is 2.12 bits per heavy atom. The summed E-state index contributed by atoms with van der Waals surface area (Å²) >= 11 is 0. The van der Waals surface area contributed by atoms with Crippen molar-refractivity contribution in [1.82, 2.24) is 5.32 Å². The molecule has 0 bridgehead atoms. The van der Waals surface area contributed by atoms with Crippen LogP contribution < -0.4 is 5.32 Å². The van der Waals surface area contributed by atoms with E-state index in [1.807, 2.05) is 6.92 Å². The van der Waals surface area contributed by atoms with Gasteiger partial charge in [-0.15, -0.1) is 0 Å². The van der Waals surface area contributed by atoms with Crippen molar-refractivity contribution in [3.05, 3.63) is 0 Å². The van der Waals surface area contributed by atoms with Gasteiger partial charge < -0.3 is 19.9 Å². The van der Waals surface area contributed by atoms with Crippen LogP contribution in [-0.4, -0.2) is 43.5 Å². The Hall–Kier alpha value is -1.30. The highest BCUT2D eigenvalue weighted by molar-refractivity contribution is 5.70. The molecular weight excluding hydrogens is 214 g/mol. The number of carbonyl (C=O) groups excluding carboxylic acids is 2. The molecule has 0 aromatic heterocycles. The average molecular weight is 233 g/mol. The van der Waals surface area contributed by atoms with E-state index in [0.717, 1.165) is 12.8 Å². The Balaban J connectivity index is 3.54. The number of carbonyl (C=O) groups is 2. The molecule has 94 valence electrons. The smallest absolute Gasteiger partial charge is 0.407 e. The molecule has 0 aromatic carbocycles. The van der Waals surface area contributed by atoms with Crippen LogP contribution in [0, 0.1) is 0 Å². The van der Waals surface area contributed by atoms with Gasteiger partial charge in [0.25, 0.3) is 0 Å². The standard InChI is InChI=1S/C10H19NO5/c1-3-4-5-16-10(14)11-7-8(12)6-9(13)15-2/h8,12H,3-7H2,1-2H3,(H,11,14). The maximum atomic E-state index is 11.0. The first-order valence-electron chi connectivity index (χ1n) is 5.25. The third-order valence-corrected chi connectivity index (χ3v) is 1.84. The zero-order valence-corrected chi connectivity index (χ0v) is 9.69. The zero-order valence-electron chi connectivity index (χ0n) is 9.69. The van der Waals surface area contributed by atoms with Crippen LogP contribution in [0.5, 0.6) is 0 Å². The number of ether oxygens (including phenoxy) is 2. The van der Waals surface area contributed by atoms with Crippen LogP contribution in [0.25, 0.3) is 0 Å². The summed E-state index contributed by atoms with van der Waals surface area (Å²) in [5.74, 6) is -0.520. The number of amides is 1. The van der Waals surface area contributed by atoms with Crippen molar-refractivity contribution >= 4 is 12.1 Å². The summed E-state index contributed by atoms with van der Waals surface area (Å²) in [6.45, 7) is 2.32. The van der Waals surface area contributed by atoms with Gasteiger partial charge in [-0.25, -0.2) is 4.79 Å². The van der Waals surface area contributed by atoms with Gasteiger partial charge in [0.15, 0.2) is 0 Å². The largest absolute Gasteiger partial charge is 0.469 e. The third-order valence-electron chi connectivity index (χ3n) is 1.84. The fraction of sp³-hybridized carbons (Fsp3) is 0.800. The summed E-state index contributed by atoms with van der Waals surface area (Å²) in [6.07, 6.45) is 0.0609. The van der Waals surface area contributed by atoms with Gasteiger partial charge in [0.05, 0.1) is 26.2 Å². The molecule has 1 amide bonds. The fourth-order valence-electron chi connectivity index (χ4n) is 0.909. The number of unbranched alkanes of at least 4 members (excludes halogenated alkanes) is 1. The number of aliphatic hydroxyl groups excluding tert-OH is 1. The van der Waals surface area contributed by atoms with Crippen molar-refractivity contribution in [3.8, 4) is 0 Å². The monoisotopic (exact) mass is 233 g/mol. The second kappa shape index (κ2) is 8.96. The lowest BCUT2D eigenvalue weighted by Gasteiger charge is -2.10. The van der Waals surface area contributed by atoms with Gasteiger partial charge in [0.2, 0.25) is 0 Å². The molecule has 0 aliphatic heterocycles. The summed E-state index contributed by atoms with van der Waals surface area (Å²) in [7, 11) is 1.24. The molecule has 0 saturated carbocycles. The van der Waals surface area contributed by atoms with Crippen molar-refractivity contribution in [1.29, 1.82) is 0 Å². The lowest BCUT2D eigenvalue weighted by atomic mass is 10.2. The average Bonchev–Trinajstić information content (AvgIpc) is 2.26. The minimum atomic E-state index is -0.953. The maximum absolute atomic E-state index is 11.0. The Kier molecular flexibility index (Phi) is 8.24. The highest BCUT2D eigenvalue weighted by Gasteiger charge is 2.12. The zero-order chi connectivity index (χ0) is 12.4. The number of aliphatic hydroxyl groups is 1. The lowest BCUT2D eigenvalue weighted by Crippen LogP contribution is -2.34. The number of hydrogen-bond acceptors (Lipinski definition) is 5. The third kappa shape index (κ3) is 8.05. The highest BCUT2D eigenvalue weighted by Crippen LogP contribution is 1.93. The Morgan fingerprint density at radius 1 is 1.44 bits per heavy atom. The number of rotatable bonds is 7. The summed E-state index contributed by atoms with van der Waals surface area (Å²) < 4.78 is 9.15. The second-order valence-electron chi connectivity index (χ2n) is 3.30. The maximum Gasteiger partial charge on any atom is 0.407 e. The molecule has 0 aliphatic rings. The Labute approximate surface area is 94.9 Å². The predicted molar refractivity (Wildman–Crippen MR) is 56.9 cm³/mol. The van der Waals surface area contributed by atoms with Crippen LogP contribution in [0.4, 0.5) is 4.79 Å². The number of esters is 1. The van der Waals surface area contributed by atoms with Crippen LogP contribution in [0.1, 0.15) is 26.2 Å². The molecule has 6 heteroatoms. The first-order chi connectivity index (χ1) is 7.60. The molecule has 1 unspecified atom stereocenters. The Morgan fingerprint density at radius 3 is 2.69 bits per heavy atom. The van der Waals surface area contributed by atoms with E-state index < -0.39 is 18.2 Å². The summed E-state index contributed by atoms with van der Waals surface area (Å²) in [5.41, 5.74) is 0. The van der Waals surface area contributed by atoms with Crippen molar-refractivity contribution in [2.24, 2.45) is 0 Å². The predicted octanol–water partition coefficient (Wildman–Crippen LogP) is 0.437. The van der Waals surface area contributed by atoms with Crippen LogP contribution in [0.3, 0.4) is 0 Å². The molecule has 0 rings (SSSR count). The first-order valence-corrected chi connectivity index (χ1v) is 5.25. The van der Waals surface area contributed by atoms with Gasteiger partial charge in [-0.1, -0.05) is 13.3 Å². The molecule has 0 aromatic rings.